The van der Waals surface area contributed by atoms with Crippen molar-refractivity contribution in [1.82, 2.24) is 9.62 Å². The van der Waals surface area contributed by atoms with Gasteiger partial charge in [0.15, 0.2) is 0 Å². The molecule has 3 N–H and O–H groups in total. The van der Waals surface area contributed by atoms with Crippen molar-refractivity contribution in [1.29, 1.82) is 0 Å². The highest BCUT2D eigenvalue weighted by Gasteiger charge is 2.19. The molecule has 7 heteroatoms. The summed E-state index contributed by atoms with van der Waals surface area (Å²) in [6, 6.07) is 3.61. The molecule has 1 atom stereocenters. The van der Waals surface area contributed by atoms with Crippen molar-refractivity contribution in [3.8, 4) is 0 Å². The zero-order chi connectivity index (χ0) is 14.6. The summed E-state index contributed by atoms with van der Waals surface area (Å²) in [5, 5.41) is 0. The van der Waals surface area contributed by atoms with Gasteiger partial charge in [0.05, 0.1) is 4.90 Å². The molecule has 0 aliphatic heterocycles. The number of sulfonamides is 1. The van der Waals surface area contributed by atoms with Gasteiger partial charge >= 0.3 is 0 Å². The average molecular weight is 289 g/mol. The first-order valence-electron chi connectivity index (χ1n) is 5.92. The molecule has 0 saturated carbocycles. The molecular formula is C12H20FN3O2S. The van der Waals surface area contributed by atoms with Gasteiger partial charge in [-0.05, 0) is 38.7 Å². The second-order valence-electron chi connectivity index (χ2n) is 4.62. The molecule has 19 heavy (non-hydrogen) atoms. The molecule has 0 aromatic heterocycles. The summed E-state index contributed by atoms with van der Waals surface area (Å²) in [4.78, 5) is 1.79. The fourth-order valence-corrected chi connectivity index (χ4v) is 2.82. The molecule has 1 aromatic rings. The Hall–Kier alpha value is -1.02. The van der Waals surface area contributed by atoms with E-state index in [1.54, 1.807) is 0 Å². The van der Waals surface area contributed by atoms with Crippen molar-refractivity contribution in [2.75, 3.05) is 20.6 Å². The summed E-state index contributed by atoms with van der Waals surface area (Å²) in [5.41, 5.74) is 5.87. The number of halogens is 1. The van der Waals surface area contributed by atoms with Crippen molar-refractivity contribution in [2.24, 2.45) is 5.73 Å². The first-order chi connectivity index (χ1) is 8.77. The van der Waals surface area contributed by atoms with Gasteiger partial charge in [0.25, 0.3) is 0 Å². The Kier molecular flexibility index (Phi) is 5.42. The van der Waals surface area contributed by atoms with Crippen LogP contribution in [-0.2, 0) is 16.6 Å². The summed E-state index contributed by atoms with van der Waals surface area (Å²) in [7, 11) is -0.0435. The van der Waals surface area contributed by atoms with Crippen molar-refractivity contribution in [3.63, 3.8) is 0 Å². The summed E-state index contributed by atoms with van der Waals surface area (Å²) < 4.78 is 39.9. The van der Waals surface area contributed by atoms with Crippen molar-refractivity contribution in [2.45, 2.75) is 24.4 Å². The van der Waals surface area contributed by atoms with E-state index in [1.165, 1.54) is 12.1 Å². The fraction of sp³-hybridized carbons (Fsp3) is 0.500. The van der Waals surface area contributed by atoms with Crippen LogP contribution in [0.3, 0.4) is 0 Å². The fourth-order valence-electron chi connectivity index (χ4n) is 1.44. The van der Waals surface area contributed by atoms with E-state index in [-0.39, 0.29) is 24.0 Å². The van der Waals surface area contributed by atoms with Gasteiger partial charge in [0, 0.05) is 19.1 Å². The van der Waals surface area contributed by atoms with E-state index in [0.29, 0.717) is 5.56 Å². The third-order valence-corrected chi connectivity index (χ3v) is 4.49. The number of likely N-dealkylation sites (N-methyl/N-ethyl adjacent to an activating group) is 1. The molecule has 0 aliphatic carbocycles. The standard InChI is InChI=1S/C12H20FN3O2S/c1-9(16(2)3)8-15-19(17,18)12-6-11(13)5-4-10(12)7-14/h4-6,9,15H,7-8,14H2,1-3H3. The third-order valence-electron chi connectivity index (χ3n) is 2.99. The molecule has 1 unspecified atom stereocenters. The van der Waals surface area contributed by atoms with Crippen LogP contribution in [0.2, 0.25) is 0 Å². The summed E-state index contributed by atoms with van der Waals surface area (Å²) >= 11 is 0. The predicted octanol–water partition coefficient (Wildman–Crippen LogP) is 0.513. The van der Waals surface area contributed by atoms with E-state index in [1.807, 2.05) is 25.9 Å². The van der Waals surface area contributed by atoms with Crippen molar-refractivity contribution in [3.05, 3.63) is 29.6 Å². The van der Waals surface area contributed by atoms with E-state index in [4.69, 9.17) is 5.73 Å². The Morgan fingerprint density at radius 3 is 2.58 bits per heavy atom. The van der Waals surface area contributed by atoms with Gasteiger partial charge in [-0.3, -0.25) is 0 Å². The van der Waals surface area contributed by atoms with Crippen molar-refractivity contribution < 1.29 is 12.8 Å². The van der Waals surface area contributed by atoms with E-state index >= 15 is 0 Å². The Morgan fingerprint density at radius 1 is 1.42 bits per heavy atom. The highest BCUT2D eigenvalue weighted by Crippen LogP contribution is 2.16. The van der Waals surface area contributed by atoms with Crippen LogP contribution in [0.4, 0.5) is 4.39 Å². The number of nitrogens with one attached hydrogen (secondary N) is 1. The molecular weight excluding hydrogens is 269 g/mol. The molecule has 0 bridgehead atoms. The number of benzene rings is 1. The zero-order valence-corrected chi connectivity index (χ0v) is 12.2. The summed E-state index contributed by atoms with van der Waals surface area (Å²) in [5.74, 6) is -0.599. The van der Waals surface area contributed by atoms with Crippen LogP contribution in [0.25, 0.3) is 0 Å². The highest BCUT2D eigenvalue weighted by molar-refractivity contribution is 7.89. The van der Waals surface area contributed by atoms with Crippen molar-refractivity contribution >= 4 is 10.0 Å². The van der Waals surface area contributed by atoms with E-state index in [2.05, 4.69) is 4.72 Å². The molecule has 0 spiro atoms. The average Bonchev–Trinajstić information content (AvgIpc) is 2.35. The van der Waals surface area contributed by atoms with Crippen LogP contribution in [0.1, 0.15) is 12.5 Å². The maximum atomic E-state index is 13.2. The maximum Gasteiger partial charge on any atom is 0.241 e. The predicted molar refractivity (Wildman–Crippen MR) is 72.6 cm³/mol. The second kappa shape index (κ2) is 6.42. The maximum absolute atomic E-state index is 13.2. The normalized spacial score (nSPS) is 13.8. The topological polar surface area (TPSA) is 75.4 Å². The molecule has 0 heterocycles. The van der Waals surface area contributed by atoms with Crippen LogP contribution >= 0.6 is 0 Å². The van der Waals surface area contributed by atoms with Gasteiger partial charge in [-0.1, -0.05) is 6.07 Å². The lowest BCUT2D eigenvalue weighted by molar-refractivity contribution is 0.314. The Labute approximate surface area is 113 Å². The van der Waals surface area contributed by atoms with Crippen LogP contribution < -0.4 is 10.5 Å². The second-order valence-corrected chi connectivity index (χ2v) is 6.36. The van der Waals surface area contributed by atoms with Gasteiger partial charge in [0.2, 0.25) is 10.0 Å². The van der Waals surface area contributed by atoms with Gasteiger partial charge in [-0.2, -0.15) is 0 Å². The largest absolute Gasteiger partial charge is 0.326 e. The zero-order valence-electron chi connectivity index (χ0n) is 11.4. The molecule has 108 valence electrons. The SMILES string of the molecule is CC(CNS(=O)(=O)c1cc(F)ccc1CN)N(C)C. The van der Waals surface area contributed by atoms with Gasteiger partial charge in [-0.25, -0.2) is 17.5 Å². The Bertz CT molecular complexity index is 532. The van der Waals surface area contributed by atoms with Crippen LogP contribution in [-0.4, -0.2) is 40.0 Å². The minimum absolute atomic E-state index is 0.0321. The first-order valence-corrected chi connectivity index (χ1v) is 7.41. The van der Waals surface area contributed by atoms with E-state index in [9.17, 15) is 12.8 Å². The molecule has 0 saturated heterocycles. The van der Waals surface area contributed by atoms with Crippen LogP contribution in [0.5, 0.6) is 0 Å². The van der Waals surface area contributed by atoms with Gasteiger partial charge in [0.1, 0.15) is 5.82 Å². The monoisotopic (exact) mass is 289 g/mol. The molecule has 0 fully saturated rings. The van der Waals surface area contributed by atoms with Gasteiger partial charge < -0.3 is 10.6 Å². The smallest absolute Gasteiger partial charge is 0.241 e. The molecule has 1 rings (SSSR count). The number of hydrogen-bond donors (Lipinski definition) is 2. The number of rotatable bonds is 6. The molecule has 0 radical (unpaired) electrons. The lowest BCUT2D eigenvalue weighted by Gasteiger charge is -2.20. The highest BCUT2D eigenvalue weighted by atomic mass is 32.2. The minimum atomic E-state index is -3.75. The summed E-state index contributed by atoms with van der Waals surface area (Å²) in [6.07, 6.45) is 0. The number of hydrogen-bond acceptors (Lipinski definition) is 4. The Morgan fingerprint density at radius 2 is 2.05 bits per heavy atom. The first kappa shape index (κ1) is 16.0. The van der Waals surface area contributed by atoms with E-state index < -0.39 is 15.8 Å². The molecule has 0 aliphatic rings. The lowest BCUT2D eigenvalue weighted by Crippen LogP contribution is -2.38. The molecule has 0 amide bonds. The van der Waals surface area contributed by atoms with Crippen LogP contribution in [0, 0.1) is 5.82 Å². The molecule has 1 aromatic carbocycles. The summed E-state index contributed by atoms with van der Waals surface area (Å²) in [6.45, 7) is 2.17. The Balaban J connectivity index is 2.97. The number of nitrogens with zero attached hydrogens (tertiary/aromatic N) is 1. The van der Waals surface area contributed by atoms with E-state index in [0.717, 1.165) is 6.07 Å². The lowest BCUT2D eigenvalue weighted by atomic mass is 10.2. The van der Waals surface area contributed by atoms with Gasteiger partial charge in [-0.15, -0.1) is 0 Å². The molecule has 5 nitrogen and oxygen atoms in total. The minimum Gasteiger partial charge on any atom is -0.326 e. The van der Waals surface area contributed by atoms with Crippen LogP contribution in [0.15, 0.2) is 23.1 Å². The quantitative estimate of drug-likeness (QED) is 0.800. The third kappa shape index (κ3) is 4.24. The number of nitrogens with two attached hydrogens (primary N) is 1.